The number of hydrogen-bond acceptors (Lipinski definition) is 21. The summed E-state index contributed by atoms with van der Waals surface area (Å²) in [7, 11) is 1.11. The van der Waals surface area contributed by atoms with Gasteiger partial charge in [0, 0.05) is 55.7 Å². The highest BCUT2D eigenvalue weighted by Gasteiger charge is 2.51. The van der Waals surface area contributed by atoms with Gasteiger partial charge in [-0.25, -0.2) is 0 Å². The molecule has 21 heteroatoms. The third-order valence-electron chi connectivity index (χ3n) is 14.3. The van der Waals surface area contributed by atoms with Gasteiger partial charge in [0.15, 0.2) is 17.9 Å². The van der Waals surface area contributed by atoms with E-state index in [0.717, 1.165) is 7.11 Å². The Morgan fingerprint density at radius 1 is 0.713 bits per heavy atom. The number of allylic oxidation sites excluding steroid dienone is 12. The van der Waals surface area contributed by atoms with E-state index in [4.69, 9.17) is 35.2 Å². The molecular formula is C59H86N2O19. The summed E-state index contributed by atoms with van der Waals surface area (Å²) in [5.74, 6) is -6.91. The molecule has 2 saturated heterocycles. The van der Waals surface area contributed by atoms with E-state index in [2.05, 4.69) is 0 Å². The molecule has 1 aromatic rings. The number of nitrogens with two attached hydrogens (primary N) is 2. The van der Waals surface area contributed by atoms with Gasteiger partial charge in [-0.2, -0.15) is 0 Å². The molecule has 80 heavy (non-hydrogen) atoms. The summed E-state index contributed by atoms with van der Waals surface area (Å²) < 4.78 is 28.9. The first-order valence-corrected chi connectivity index (χ1v) is 27.3. The van der Waals surface area contributed by atoms with Crippen molar-refractivity contribution in [3.63, 3.8) is 0 Å². The van der Waals surface area contributed by atoms with Crippen molar-refractivity contribution in [3.05, 3.63) is 115 Å². The zero-order chi connectivity index (χ0) is 59.1. The van der Waals surface area contributed by atoms with E-state index in [0.29, 0.717) is 17.7 Å². The SMILES string of the molecule is COC(=O)C1C(O)CC2(O)CC(O)CC(O)CC(O)CC(O)CC(=O)CC(O)CC(=O)OC(C(C)CCC(O)CC(=O)c3ccc(N)cc3)C(C)/C=C/C=C/C=C/C=C/C=C/C=C/C=C/C(O[C@@H]3O[C@H](C)[C@@H](O)[C@H](N)[C@@H]3O)CC1O2. The van der Waals surface area contributed by atoms with Crippen LogP contribution in [0.25, 0.3) is 0 Å². The average Bonchev–Trinajstić information content (AvgIpc) is 3.48. The van der Waals surface area contributed by atoms with E-state index in [1.165, 1.54) is 0 Å². The van der Waals surface area contributed by atoms with E-state index in [-0.39, 0.29) is 49.7 Å². The van der Waals surface area contributed by atoms with Gasteiger partial charge in [0.2, 0.25) is 0 Å². The van der Waals surface area contributed by atoms with Crippen LogP contribution in [0, 0.1) is 17.8 Å². The number of methoxy groups -OCH3 is 1. The molecule has 14 N–H and O–H groups in total. The van der Waals surface area contributed by atoms with Crippen molar-refractivity contribution < 1.29 is 93.9 Å². The molecular weight excluding hydrogens is 1040 g/mol. The van der Waals surface area contributed by atoms with Gasteiger partial charge in [-0.1, -0.05) is 98.9 Å². The van der Waals surface area contributed by atoms with E-state index in [1.807, 2.05) is 19.9 Å². The van der Waals surface area contributed by atoms with Gasteiger partial charge >= 0.3 is 11.9 Å². The van der Waals surface area contributed by atoms with Gasteiger partial charge in [-0.3, -0.25) is 19.2 Å². The van der Waals surface area contributed by atoms with Crippen LogP contribution >= 0.6 is 0 Å². The Kier molecular flexibility index (Phi) is 28.4. The molecule has 3 heterocycles. The maximum Gasteiger partial charge on any atom is 0.313 e. The Bertz CT molecular complexity index is 2300. The van der Waals surface area contributed by atoms with Gasteiger partial charge in [0.1, 0.15) is 23.9 Å². The molecule has 0 spiro atoms. The van der Waals surface area contributed by atoms with Gasteiger partial charge in [-0.15, -0.1) is 0 Å². The number of aliphatic hydroxyl groups is 10. The highest BCUT2D eigenvalue weighted by Crippen LogP contribution is 2.39. The van der Waals surface area contributed by atoms with Crippen molar-refractivity contribution in [1.29, 1.82) is 0 Å². The normalized spacial score (nSPS) is 38.0. The molecule has 2 bridgehead atoms. The van der Waals surface area contributed by atoms with Crippen LogP contribution in [0.15, 0.2) is 109 Å². The highest BCUT2D eigenvalue weighted by atomic mass is 16.7. The minimum absolute atomic E-state index is 0.126. The summed E-state index contributed by atoms with van der Waals surface area (Å²) >= 11 is 0. The Labute approximate surface area is 468 Å². The number of Topliss-reactive ketones (excluding diaryl/α,β-unsaturated/α-hetero) is 2. The molecule has 3 aliphatic heterocycles. The maximum absolute atomic E-state index is 13.3. The first-order chi connectivity index (χ1) is 37.9. The molecule has 0 aliphatic carbocycles. The van der Waals surface area contributed by atoms with Gasteiger partial charge in [-0.05, 0) is 69.2 Å². The van der Waals surface area contributed by atoms with Crippen molar-refractivity contribution in [3.8, 4) is 0 Å². The maximum atomic E-state index is 13.3. The number of hydrogen-bond donors (Lipinski definition) is 12. The van der Waals surface area contributed by atoms with Crippen LogP contribution in [0.3, 0.4) is 0 Å². The number of rotatable bonds is 10. The summed E-state index contributed by atoms with van der Waals surface area (Å²) in [6.07, 6.45) is 2.76. The van der Waals surface area contributed by atoms with E-state index in [9.17, 15) is 70.2 Å². The number of benzene rings is 1. The summed E-state index contributed by atoms with van der Waals surface area (Å²) in [6, 6.07) is 5.24. The van der Waals surface area contributed by atoms with Crippen LogP contribution in [-0.2, 0) is 38.1 Å². The smallest absolute Gasteiger partial charge is 0.313 e. The number of ketones is 2. The number of carbonyl (C=O) groups is 4. The first-order valence-electron chi connectivity index (χ1n) is 27.3. The fourth-order valence-corrected chi connectivity index (χ4v) is 10.0. The minimum atomic E-state index is -2.29. The van der Waals surface area contributed by atoms with Crippen molar-refractivity contribution in [2.75, 3.05) is 12.8 Å². The van der Waals surface area contributed by atoms with Crippen molar-refractivity contribution in [1.82, 2.24) is 0 Å². The van der Waals surface area contributed by atoms with Crippen LogP contribution < -0.4 is 11.5 Å². The van der Waals surface area contributed by atoms with Crippen LogP contribution in [0.1, 0.15) is 108 Å². The number of ether oxygens (including phenoxy) is 5. The van der Waals surface area contributed by atoms with E-state index in [1.54, 1.807) is 110 Å². The van der Waals surface area contributed by atoms with E-state index >= 15 is 0 Å². The molecule has 0 saturated carbocycles. The number of anilines is 1. The lowest BCUT2D eigenvalue weighted by molar-refractivity contribution is -0.308. The van der Waals surface area contributed by atoms with Crippen LogP contribution in [0.5, 0.6) is 0 Å². The molecule has 19 atom stereocenters. The predicted octanol–water partition coefficient (Wildman–Crippen LogP) is 2.37. The number of cyclic esters (lactones) is 1. The lowest BCUT2D eigenvalue weighted by Gasteiger charge is -2.45. The molecule has 0 aromatic heterocycles. The fraction of sp³-hybridized carbons (Fsp3) is 0.593. The summed E-state index contributed by atoms with van der Waals surface area (Å²) in [4.78, 5) is 52.2. The lowest BCUT2D eigenvalue weighted by Crippen LogP contribution is -2.61. The summed E-state index contributed by atoms with van der Waals surface area (Å²) in [5, 5.41) is 109. The Morgan fingerprint density at radius 3 is 1.86 bits per heavy atom. The number of esters is 2. The van der Waals surface area contributed by atoms with Crippen molar-refractivity contribution in [2.45, 2.75) is 195 Å². The van der Waals surface area contributed by atoms with Crippen LogP contribution in [-0.4, -0.2) is 179 Å². The standard InChI is InChI=1S/C59H86N2O19/c1-35-17-15-13-11-9-7-5-6-8-10-12-14-16-18-47(78-58-55(73)53(61)54(72)37(3)77-58)32-50-52(57(74)76-4)49(70)34-59(75,80-50)33-46(68)29-44(66)27-42(64)25-41(63)26-43(65)28-45(67)31-51(71)79-56(35)36(2)19-24-40(62)30-48(69)38-20-22-39(60)23-21-38/h5-18,20-23,35-37,40-42,44-47,49-50,52-56,58,62-64,66-68,70,72-73,75H,19,24-34,60-61H2,1-4H3/b6-5+,9-7+,10-8+,13-11+,14-12+,17-15+,18-16+/t35?,36?,37-,40?,41?,42?,44?,45?,46?,47?,49?,50?,52?,53+,54-,55+,56?,58+,59?/m1/s1. The van der Waals surface area contributed by atoms with Crippen LogP contribution in [0.4, 0.5) is 5.69 Å². The summed E-state index contributed by atoms with van der Waals surface area (Å²) in [6.45, 7) is 5.23. The average molecular weight is 1130 g/mol. The number of nitrogen functional groups attached to an aromatic ring is 1. The third-order valence-corrected chi connectivity index (χ3v) is 14.3. The van der Waals surface area contributed by atoms with Crippen molar-refractivity contribution >= 4 is 29.2 Å². The number of carbonyl (C=O) groups excluding carboxylic acids is 4. The number of fused-ring (bicyclic) bond motifs is 2. The van der Waals surface area contributed by atoms with Gasteiger partial charge < -0.3 is 86.2 Å². The lowest BCUT2D eigenvalue weighted by atomic mass is 9.82. The Balaban J connectivity index is 1.55. The molecule has 2 fully saturated rings. The second-order valence-electron chi connectivity index (χ2n) is 21.4. The highest BCUT2D eigenvalue weighted by molar-refractivity contribution is 5.96. The topological polar surface area (TPSA) is 369 Å². The monoisotopic (exact) mass is 1130 g/mol. The first kappa shape index (κ1) is 67.4. The zero-order valence-electron chi connectivity index (χ0n) is 46.1. The minimum Gasteiger partial charge on any atom is -0.469 e. The third kappa shape index (κ3) is 23.0. The Hall–Kier alpha value is -5.08. The van der Waals surface area contributed by atoms with Gasteiger partial charge in [0.05, 0.1) is 86.7 Å². The van der Waals surface area contributed by atoms with Crippen molar-refractivity contribution in [2.24, 2.45) is 23.5 Å². The second kappa shape index (κ2) is 33.7. The molecule has 0 amide bonds. The van der Waals surface area contributed by atoms with E-state index < -0.39 is 160 Å². The predicted molar refractivity (Wildman–Crippen MR) is 294 cm³/mol. The quantitative estimate of drug-likeness (QED) is 0.0909. The molecule has 0 radical (unpaired) electrons. The molecule has 3 aliphatic rings. The molecule has 1 aromatic carbocycles. The fourth-order valence-electron chi connectivity index (χ4n) is 10.0. The number of aliphatic hydroxyl groups excluding tert-OH is 9. The zero-order valence-corrected chi connectivity index (χ0v) is 46.1. The Morgan fingerprint density at radius 2 is 1.26 bits per heavy atom. The van der Waals surface area contributed by atoms with Gasteiger partial charge in [0.25, 0.3) is 0 Å². The second-order valence-corrected chi connectivity index (χ2v) is 21.4. The molecule has 21 nitrogen and oxygen atoms in total. The molecule has 446 valence electrons. The largest absolute Gasteiger partial charge is 0.469 e. The molecule has 14 unspecified atom stereocenters. The van der Waals surface area contributed by atoms with Crippen LogP contribution in [0.2, 0.25) is 0 Å². The molecule has 4 rings (SSSR count). The summed E-state index contributed by atoms with van der Waals surface area (Å²) in [5.41, 5.74) is 12.7.